The van der Waals surface area contributed by atoms with Crippen LogP contribution in [-0.2, 0) is 0 Å². The summed E-state index contributed by atoms with van der Waals surface area (Å²) >= 11 is 0. The van der Waals surface area contributed by atoms with Gasteiger partial charge >= 0.3 is 0 Å². The van der Waals surface area contributed by atoms with Gasteiger partial charge in [0, 0.05) is 24.2 Å². The van der Waals surface area contributed by atoms with Crippen LogP contribution in [0.3, 0.4) is 0 Å². The molecule has 0 saturated heterocycles. The summed E-state index contributed by atoms with van der Waals surface area (Å²) in [6.45, 7) is 6.96. The molecule has 0 amide bonds. The van der Waals surface area contributed by atoms with Crippen LogP contribution in [0, 0.1) is 20.8 Å². The van der Waals surface area contributed by atoms with Crippen LogP contribution in [0.25, 0.3) is 0 Å². The number of benzene rings is 2. The molecule has 0 aromatic heterocycles. The molecule has 1 N–H and O–H groups in total. The second-order valence-electron chi connectivity index (χ2n) is 5.24. The van der Waals surface area contributed by atoms with Crippen molar-refractivity contribution in [2.75, 3.05) is 11.9 Å². The number of carbonyl (C=O) groups is 1. The smallest absolute Gasteiger partial charge is 0.164 e. The maximum atomic E-state index is 12.0. The van der Waals surface area contributed by atoms with Crippen molar-refractivity contribution >= 4 is 11.5 Å². The summed E-state index contributed by atoms with van der Waals surface area (Å²) in [6.07, 6.45) is 0.511. The molecule has 20 heavy (non-hydrogen) atoms. The molecule has 0 aliphatic heterocycles. The number of carbonyl (C=O) groups excluding carboxylic acids is 1. The van der Waals surface area contributed by atoms with E-state index >= 15 is 0 Å². The van der Waals surface area contributed by atoms with Gasteiger partial charge in [0.05, 0.1) is 0 Å². The van der Waals surface area contributed by atoms with Crippen molar-refractivity contribution in [3.8, 4) is 0 Å². The molecular weight excluding hydrogens is 246 g/mol. The number of Topliss-reactive ketones (excluding diaryl/α,β-unsaturated/α-hetero) is 1. The molecule has 0 fully saturated rings. The number of ketones is 1. The van der Waals surface area contributed by atoms with E-state index in [1.807, 2.05) is 30.3 Å². The van der Waals surface area contributed by atoms with Crippen LogP contribution in [-0.4, -0.2) is 12.3 Å². The van der Waals surface area contributed by atoms with Gasteiger partial charge in [-0.3, -0.25) is 4.79 Å². The number of rotatable bonds is 5. The highest BCUT2D eigenvalue weighted by atomic mass is 16.1. The molecular formula is C18H21NO. The van der Waals surface area contributed by atoms with Gasteiger partial charge in [-0.25, -0.2) is 0 Å². The van der Waals surface area contributed by atoms with Crippen molar-refractivity contribution < 1.29 is 4.79 Å². The van der Waals surface area contributed by atoms with Gasteiger partial charge in [0.15, 0.2) is 5.78 Å². The monoisotopic (exact) mass is 267 g/mol. The highest BCUT2D eigenvalue weighted by Crippen LogP contribution is 2.21. The van der Waals surface area contributed by atoms with E-state index in [-0.39, 0.29) is 5.78 Å². The first-order chi connectivity index (χ1) is 9.58. The summed E-state index contributed by atoms with van der Waals surface area (Å²) in [7, 11) is 0. The van der Waals surface area contributed by atoms with Crippen LogP contribution in [0.15, 0.2) is 42.5 Å². The number of aryl methyl sites for hydroxylation is 3. The summed E-state index contributed by atoms with van der Waals surface area (Å²) < 4.78 is 0. The predicted octanol–water partition coefficient (Wildman–Crippen LogP) is 4.30. The van der Waals surface area contributed by atoms with Gasteiger partial charge in [-0.15, -0.1) is 0 Å². The normalized spacial score (nSPS) is 10.3. The Morgan fingerprint density at radius 2 is 1.60 bits per heavy atom. The molecule has 2 heteroatoms. The van der Waals surface area contributed by atoms with Crippen molar-refractivity contribution in [1.29, 1.82) is 0 Å². The number of anilines is 1. The summed E-state index contributed by atoms with van der Waals surface area (Å²) in [5, 5.41) is 3.39. The van der Waals surface area contributed by atoms with Crippen LogP contribution in [0.5, 0.6) is 0 Å². The Morgan fingerprint density at radius 3 is 2.20 bits per heavy atom. The molecule has 2 nitrogen and oxygen atoms in total. The summed E-state index contributed by atoms with van der Waals surface area (Å²) in [4.78, 5) is 12.0. The second-order valence-corrected chi connectivity index (χ2v) is 5.24. The van der Waals surface area contributed by atoms with E-state index < -0.39 is 0 Å². The zero-order valence-corrected chi connectivity index (χ0v) is 12.4. The number of nitrogens with one attached hydrogen (secondary N) is 1. The van der Waals surface area contributed by atoms with Gasteiger partial charge < -0.3 is 5.32 Å². The van der Waals surface area contributed by atoms with Crippen molar-refractivity contribution in [3.05, 3.63) is 64.7 Å². The van der Waals surface area contributed by atoms with Gasteiger partial charge in [-0.05, 0) is 31.9 Å². The molecule has 0 unspecified atom stereocenters. The van der Waals surface area contributed by atoms with E-state index in [4.69, 9.17) is 0 Å². The predicted molar refractivity (Wildman–Crippen MR) is 84.5 cm³/mol. The van der Waals surface area contributed by atoms with Crippen LogP contribution in [0.2, 0.25) is 0 Å². The van der Waals surface area contributed by atoms with Crippen molar-refractivity contribution in [2.45, 2.75) is 27.2 Å². The van der Waals surface area contributed by atoms with Gasteiger partial charge in [-0.2, -0.15) is 0 Å². The summed E-state index contributed by atoms with van der Waals surface area (Å²) in [5.41, 5.74) is 5.67. The second kappa shape index (κ2) is 6.38. The first kappa shape index (κ1) is 14.3. The molecule has 0 spiro atoms. The average Bonchev–Trinajstić information content (AvgIpc) is 2.42. The molecule has 104 valence electrons. The third-order valence-corrected chi connectivity index (χ3v) is 3.43. The van der Waals surface area contributed by atoms with Gasteiger partial charge in [0.25, 0.3) is 0 Å². The Kier molecular flexibility index (Phi) is 4.57. The maximum Gasteiger partial charge on any atom is 0.164 e. The van der Waals surface area contributed by atoms with Crippen molar-refractivity contribution in [2.24, 2.45) is 0 Å². The summed E-state index contributed by atoms with van der Waals surface area (Å²) in [5.74, 6) is 0.181. The van der Waals surface area contributed by atoms with E-state index in [1.54, 1.807) is 0 Å². The molecule has 0 atom stereocenters. The van der Waals surface area contributed by atoms with Crippen LogP contribution >= 0.6 is 0 Å². The minimum Gasteiger partial charge on any atom is -0.384 e. The Balaban J connectivity index is 1.95. The minimum atomic E-state index is 0.181. The fraction of sp³-hybridized carbons (Fsp3) is 0.278. The van der Waals surface area contributed by atoms with Crippen molar-refractivity contribution in [3.63, 3.8) is 0 Å². The minimum absolute atomic E-state index is 0.181. The highest BCUT2D eigenvalue weighted by Gasteiger charge is 2.06. The quantitative estimate of drug-likeness (QED) is 0.818. The lowest BCUT2D eigenvalue weighted by atomic mass is 10.0. The number of hydrogen-bond acceptors (Lipinski definition) is 2. The van der Waals surface area contributed by atoms with Crippen LogP contribution in [0.1, 0.15) is 33.5 Å². The lowest BCUT2D eigenvalue weighted by molar-refractivity contribution is 0.0986. The van der Waals surface area contributed by atoms with Gasteiger partial charge in [-0.1, -0.05) is 48.0 Å². The van der Waals surface area contributed by atoms with Crippen LogP contribution < -0.4 is 5.32 Å². The lowest BCUT2D eigenvalue weighted by Crippen LogP contribution is -2.10. The Morgan fingerprint density at radius 1 is 1.00 bits per heavy atom. The third-order valence-electron chi connectivity index (χ3n) is 3.43. The van der Waals surface area contributed by atoms with E-state index in [1.165, 1.54) is 16.7 Å². The molecule has 0 saturated carbocycles. The first-order valence-corrected chi connectivity index (χ1v) is 6.98. The topological polar surface area (TPSA) is 29.1 Å². The number of hydrogen-bond donors (Lipinski definition) is 1. The Bertz CT molecular complexity index is 579. The Hall–Kier alpha value is -2.09. The van der Waals surface area contributed by atoms with E-state index in [9.17, 15) is 4.79 Å². The molecule has 2 aromatic carbocycles. The molecule has 0 radical (unpaired) electrons. The molecule has 2 aromatic rings. The van der Waals surface area contributed by atoms with Gasteiger partial charge in [0.1, 0.15) is 0 Å². The van der Waals surface area contributed by atoms with Crippen molar-refractivity contribution in [1.82, 2.24) is 0 Å². The zero-order valence-electron chi connectivity index (χ0n) is 12.4. The standard InChI is InChI=1S/C18H21NO/c1-13-11-14(2)18(15(3)12-13)19-10-9-17(20)16-7-5-4-6-8-16/h4-8,11-12,19H,9-10H2,1-3H3. The molecule has 2 rings (SSSR count). The van der Waals surface area contributed by atoms with Gasteiger partial charge in [0.2, 0.25) is 0 Å². The zero-order chi connectivity index (χ0) is 14.5. The third kappa shape index (κ3) is 3.47. The SMILES string of the molecule is Cc1cc(C)c(NCCC(=O)c2ccccc2)c(C)c1. The Labute approximate surface area is 120 Å². The van der Waals surface area contributed by atoms with Crippen LogP contribution in [0.4, 0.5) is 5.69 Å². The highest BCUT2D eigenvalue weighted by molar-refractivity contribution is 5.96. The summed E-state index contributed by atoms with van der Waals surface area (Å²) in [6, 6.07) is 13.8. The lowest BCUT2D eigenvalue weighted by Gasteiger charge is -2.13. The molecule has 0 aliphatic rings. The van der Waals surface area contributed by atoms with E-state index in [0.29, 0.717) is 13.0 Å². The first-order valence-electron chi connectivity index (χ1n) is 6.98. The average molecular weight is 267 g/mol. The fourth-order valence-corrected chi connectivity index (χ4v) is 2.53. The maximum absolute atomic E-state index is 12.0. The largest absolute Gasteiger partial charge is 0.384 e. The molecule has 0 aliphatic carbocycles. The van der Waals surface area contributed by atoms with E-state index in [0.717, 1.165) is 11.3 Å². The molecule has 0 heterocycles. The fourth-order valence-electron chi connectivity index (χ4n) is 2.53. The molecule has 0 bridgehead atoms. The van der Waals surface area contributed by atoms with E-state index in [2.05, 4.69) is 38.2 Å².